The summed E-state index contributed by atoms with van der Waals surface area (Å²) in [5.74, 6) is -0.253. The molecule has 1 unspecified atom stereocenters. The van der Waals surface area contributed by atoms with Crippen LogP contribution in [0.25, 0.3) is 0 Å². The molecule has 1 saturated heterocycles. The molecule has 1 aliphatic heterocycles. The molecule has 0 amide bonds. The monoisotopic (exact) mass is 240 g/mol. The van der Waals surface area contributed by atoms with E-state index in [0.717, 1.165) is 6.42 Å². The van der Waals surface area contributed by atoms with Gasteiger partial charge in [-0.05, 0) is 27.2 Å². The summed E-state index contributed by atoms with van der Waals surface area (Å²) in [6.07, 6.45) is 1.40. The molecular weight excluding hydrogens is 216 g/mol. The second kappa shape index (κ2) is 4.81. The lowest BCUT2D eigenvalue weighted by Crippen LogP contribution is -2.38. The SMILES string of the molecule is C=C1CC(C(C)(C)CC(C)(C)OCC)OC1=O. The zero-order chi connectivity index (χ0) is 13.3. The maximum atomic E-state index is 11.4. The lowest BCUT2D eigenvalue weighted by atomic mass is 9.76. The van der Waals surface area contributed by atoms with Crippen LogP contribution in [-0.2, 0) is 14.3 Å². The van der Waals surface area contributed by atoms with Crippen molar-refractivity contribution in [2.75, 3.05) is 6.61 Å². The van der Waals surface area contributed by atoms with E-state index in [1.54, 1.807) is 0 Å². The van der Waals surface area contributed by atoms with Crippen molar-refractivity contribution in [3.8, 4) is 0 Å². The molecule has 0 radical (unpaired) electrons. The Morgan fingerprint density at radius 2 is 2.00 bits per heavy atom. The van der Waals surface area contributed by atoms with Gasteiger partial charge in [0.25, 0.3) is 0 Å². The molecule has 1 rings (SSSR count). The molecular formula is C14H24O3. The summed E-state index contributed by atoms with van der Waals surface area (Å²) < 4.78 is 11.1. The van der Waals surface area contributed by atoms with Gasteiger partial charge < -0.3 is 9.47 Å². The van der Waals surface area contributed by atoms with Crippen LogP contribution in [-0.4, -0.2) is 24.3 Å². The van der Waals surface area contributed by atoms with E-state index in [1.807, 2.05) is 6.92 Å². The molecule has 3 nitrogen and oxygen atoms in total. The smallest absolute Gasteiger partial charge is 0.333 e. The van der Waals surface area contributed by atoms with E-state index in [9.17, 15) is 4.79 Å². The summed E-state index contributed by atoms with van der Waals surface area (Å²) in [6, 6.07) is 0. The van der Waals surface area contributed by atoms with E-state index < -0.39 is 0 Å². The van der Waals surface area contributed by atoms with Gasteiger partial charge in [-0.2, -0.15) is 0 Å². The predicted octanol–water partition coefficient (Wildman–Crippen LogP) is 3.09. The fourth-order valence-corrected chi connectivity index (χ4v) is 2.65. The van der Waals surface area contributed by atoms with Gasteiger partial charge in [0.15, 0.2) is 0 Å². The van der Waals surface area contributed by atoms with Crippen LogP contribution in [0.5, 0.6) is 0 Å². The van der Waals surface area contributed by atoms with Crippen molar-refractivity contribution in [3.05, 3.63) is 12.2 Å². The fourth-order valence-electron chi connectivity index (χ4n) is 2.65. The van der Waals surface area contributed by atoms with Crippen LogP contribution >= 0.6 is 0 Å². The molecule has 0 aromatic heterocycles. The number of carbonyl (C=O) groups is 1. The highest BCUT2D eigenvalue weighted by atomic mass is 16.6. The third-order valence-electron chi connectivity index (χ3n) is 3.26. The first kappa shape index (κ1) is 14.2. The highest BCUT2D eigenvalue weighted by Crippen LogP contribution is 2.40. The van der Waals surface area contributed by atoms with Crippen molar-refractivity contribution in [3.63, 3.8) is 0 Å². The summed E-state index contributed by atoms with van der Waals surface area (Å²) in [5.41, 5.74) is 0.278. The Morgan fingerprint density at radius 3 is 2.41 bits per heavy atom. The maximum absolute atomic E-state index is 11.4. The lowest BCUT2D eigenvalue weighted by molar-refractivity contribution is -0.146. The van der Waals surface area contributed by atoms with Gasteiger partial charge in [-0.1, -0.05) is 20.4 Å². The van der Waals surface area contributed by atoms with Gasteiger partial charge in [0.05, 0.1) is 5.60 Å². The molecule has 1 fully saturated rings. The van der Waals surface area contributed by atoms with Crippen LogP contribution in [0.15, 0.2) is 12.2 Å². The second-order valence-electron chi connectivity index (χ2n) is 6.06. The molecule has 0 bridgehead atoms. The fraction of sp³-hybridized carbons (Fsp3) is 0.786. The molecule has 1 atom stereocenters. The zero-order valence-electron chi connectivity index (χ0n) is 11.6. The maximum Gasteiger partial charge on any atom is 0.333 e. The Hall–Kier alpha value is -0.830. The standard InChI is InChI=1S/C14H24O3/c1-7-16-14(5,6)9-13(3,4)11-8-10(2)12(15)17-11/h11H,2,7-9H2,1,3-6H3. The minimum Gasteiger partial charge on any atom is -0.458 e. The molecule has 1 heterocycles. The van der Waals surface area contributed by atoms with Crippen LogP contribution in [0.3, 0.4) is 0 Å². The van der Waals surface area contributed by atoms with Gasteiger partial charge in [-0.3, -0.25) is 0 Å². The average Bonchev–Trinajstić information content (AvgIpc) is 2.45. The number of hydrogen-bond donors (Lipinski definition) is 0. The van der Waals surface area contributed by atoms with Crippen molar-refractivity contribution in [2.45, 2.75) is 59.2 Å². The summed E-state index contributed by atoms with van der Waals surface area (Å²) in [7, 11) is 0. The van der Waals surface area contributed by atoms with Crippen LogP contribution in [0.4, 0.5) is 0 Å². The van der Waals surface area contributed by atoms with Crippen LogP contribution < -0.4 is 0 Å². The first-order valence-corrected chi connectivity index (χ1v) is 6.20. The summed E-state index contributed by atoms with van der Waals surface area (Å²) in [5, 5.41) is 0. The Bertz CT molecular complexity index is 299. The Morgan fingerprint density at radius 1 is 1.41 bits per heavy atom. The summed E-state index contributed by atoms with van der Waals surface area (Å²) in [6.45, 7) is 14.8. The number of cyclic esters (lactones) is 1. The topological polar surface area (TPSA) is 35.5 Å². The number of rotatable bonds is 5. The Labute approximate surface area is 104 Å². The van der Waals surface area contributed by atoms with E-state index in [1.165, 1.54) is 0 Å². The van der Waals surface area contributed by atoms with Crippen LogP contribution in [0.1, 0.15) is 47.5 Å². The lowest BCUT2D eigenvalue weighted by Gasteiger charge is -2.37. The summed E-state index contributed by atoms with van der Waals surface area (Å²) >= 11 is 0. The first-order valence-electron chi connectivity index (χ1n) is 6.20. The molecule has 0 N–H and O–H groups in total. The minimum atomic E-state index is -0.253. The molecule has 0 aromatic rings. The predicted molar refractivity (Wildman–Crippen MR) is 67.7 cm³/mol. The van der Waals surface area contributed by atoms with Crippen molar-refractivity contribution in [1.29, 1.82) is 0 Å². The van der Waals surface area contributed by atoms with Crippen molar-refractivity contribution >= 4 is 5.97 Å². The molecule has 0 saturated carbocycles. The molecule has 0 aromatic carbocycles. The molecule has 0 aliphatic carbocycles. The van der Waals surface area contributed by atoms with Gasteiger partial charge in [-0.15, -0.1) is 0 Å². The first-order chi connectivity index (χ1) is 7.68. The Kier molecular flexibility index (Phi) is 4.03. The third kappa shape index (κ3) is 3.56. The van der Waals surface area contributed by atoms with Crippen LogP contribution in [0, 0.1) is 5.41 Å². The van der Waals surface area contributed by atoms with E-state index in [4.69, 9.17) is 9.47 Å². The van der Waals surface area contributed by atoms with E-state index in [-0.39, 0.29) is 23.1 Å². The van der Waals surface area contributed by atoms with E-state index in [2.05, 4.69) is 34.3 Å². The Balaban J connectivity index is 2.69. The van der Waals surface area contributed by atoms with Crippen LogP contribution in [0.2, 0.25) is 0 Å². The molecule has 3 heteroatoms. The number of hydrogen-bond acceptors (Lipinski definition) is 3. The third-order valence-corrected chi connectivity index (χ3v) is 3.26. The van der Waals surface area contributed by atoms with Crippen molar-refractivity contribution in [1.82, 2.24) is 0 Å². The average molecular weight is 240 g/mol. The molecule has 98 valence electrons. The van der Waals surface area contributed by atoms with Crippen molar-refractivity contribution in [2.24, 2.45) is 5.41 Å². The quantitative estimate of drug-likeness (QED) is 0.547. The van der Waals surface area contributed by atoms with E-state index >= 15 is 0 Å². The van der Waals surface area contributed by atoms with Crippen molar-refractivity contribution < 1.29 is 14.3 Å². The number of esters is 1. The van der Waals surface area contributed by atoms with E-state index in [0.29, 0.717) is 18.6 Å². The van der Waals surface area contributed by atoms with Gasteiger partial charge in [0.1, 0.15) is 6.10 Å². The highest BCUT2D eigenvalue weighted by Gasteiger charge is 2.42. The van der Waals surface area contributed by atoms with Gasteiger partial charge >= 0.3 is 5.97 Å². The van der Waals surface area contributed by atoms with Gasteiger partial charge in [0, 0.05) is 24.0 Å². The summed E-state index contributed by atoms with van der Waals surface area (Å²) in [4.78, 5) is 11.4. The van der Waals surface area contributed by atoms with Gasteiger partial charge in [-0.25, -0.2) is 4.79 Å². The molecule has 17 heavy (non-hydrogen) atoms. The highest BCUT2D eigenvalue weighted by molar-refractivity contribution is 5.90. The largest absolute Gasteiger partial charge is 0.458 e. The van der Waals surface area contributed by atoms with Gasteiger partial charge in [0.2, 0.25) is 0 Å². The normalized spacial score (nSPS) is 21.8. The molecule has 1 aliphatic rings. The zero-order valence-corrected chi connectivity index (χ0v) is 11.6. The number of carbonyl (C=O) groups excluding carboxylic acids is 1. The number of ether oxygens (including phenoxy) is 2. The molecule has 0 spiro atoms. The second-order valence-corrected chi connectivity index (χ2v) is 6.06. The minimum absolute atomic E-state index is 0.0813.